The van der Waals surface area contributed by atoms with Crippen molar-refractivity contribution in [1.29, 1.82) is 0 Å². The monoisotopic (exact) mass is 577 g/mol. The molecule has 0 spiro atoms. The first-order valence-electron chi connectivity index (χ1n) is 12.9. The second kappa shape index (κ2) is 13.1. The van der Waals surface area contributed by atoms with Gasteiger partial charge >= 0.3 is 0 Å². The van der Waals surface area contributed by atoms with Crippen LogP contribution in [0.1, 0.15) is 22.2 Å². The summed E-state index contributed by atoms with van der Waals surface area (Å²) in [6, 6.07) is 33.5. The van der Waals surface area contributed by atoms with Crippen LogP contribution in [-0.2, 0) is 9.59 Å². The smallest absolute Gasteiger partial charge is 0.272 e. The van der Waals surface area contributed by atoms with Crippen molar-refractivity contribution in [2.45, 2.75) is 17.1 Å². The van der Waals surface area contributed by atoms with Crippen LogP contribution in [-0.4, -0.2) is 23.0 Å². The molecular weight excluding hydrogens is 551 g/mol. The number of benzene rings is 4. The van der Waals surface area contributed by atoms with Crippen molar-refractivity contribution >= 4 is 69.0 Å². The summed E-state index contributed by atoms with van der Waals surface area (Å²) in [7, 11) is 0. The van der Waals surface area contributed by atoms with E-state index in [9.17, 15) is 14.4 Å². The molecule has 1 unspecified atom stereocenters. The molecule has 0 aliphatic rings. The number of hydrogen-bond acceptors (Lipinski definition) is 5. The maximum atomic E-state index is 13.3. The molecule has 5 aromatic rings. The largest absolute Gasteiger partial charge is 0.325 e. The van der Waals surface area contributed by atoms with Crippen LogP contribution in [0.2, 0.25) is 0 Å². The third-order valence-electron chi connectivity index (χ3n) is 6.18. The molecule has 5 rings (SSSR count). The summed E-state index contributed by atoms with van der Waals surface area (Å²) in [5.74, 6) is -0.948. The number of anilines is 2. The van der Waals surface area contributed by atoms with Crippen molar-refractivity contribution in [1.82, 2.24) is 5.32 Å². The first-order valence-corrected chi connectivity index (χ1v) is 14.7. The number of hydrogen-bond donors (Lipinski definition) is 3. The van der Waals surface area contributed by atoms with Gasteiger partial charge in [0.05, 0.1) is 5.25 Å². The number of thiophene rings is 1. The van der Waals surface area contributed by atoms with Gasteiger partial charge in [-0.1, -0.05) is 66.7 Å². The molecule has 204 valence electrons. The van der Waals surface area contributed by atoms with Crippen LogP contribution in [0, 0.1) is 0 Å². The molecular formula is C33H27N3O3S2. The quantitative estimate of drug-likeness (QED) is 0.126. The maximum absolute atomic E-state index is 13.3. The Morgan fingerprint density at radius 3 is 2.37 bits per heavy atom. The fourth-order valence-electron chi connectivity index (χ4n) is 4.13. The minimum absolute atomic E-state index is 0.120. The predicted molar refractivity (Wildman–Crippen MR) is 169 cm³/mol. The Kier molecular flexibility index (Phi) is 8.93. The molecule has 0 bridgehead atoms. The lowest BCUT2D eigenvalue weighted by Gasteiger charge is -2.15. The number of thioether (sulfide) groups is 1. The highest BCUT2D eigenvalue weighted by Gasteiger charge is 2.18. The minimum atomic E-state index is -0.452. The zero-order chi connectivity index (χ0) is 28.6. The van der Waals surface area contributed by atoms with E-state index in [4.69, 9.17) is 0 Å². The van der Waals surface area contributed by atoms with Gasteiger partial charge in [0.2, 0.25) is 5.91 Å². The van der Waals surface area contributed by atoms with E-state index >= 15 is 0 Å². The summed E-state index contributed by atoms with van der Waals surface area (Å²) in [5.41, 5.74) is 1.89. The Balaban J connectivity index is 1.27. The van der Waals surface area contributed by atoms with Crippen molar-refractivity contribution in [3.63, 3.8) is 0 Å². The van der Waals surface area contributed by atoms with Gasteiger partial charge in [0.15, 0.2) is 0 Å². The van der Waals surface area contributed by atoms with Gasteiger partial charge in [0.25, 0.3) is 11.8 Å². The number of carbonyl (C=O) groups excluding carboxylic acids is 3. The molecule has 0 aliphatic carbocycles. The average molecular weight is 578 g/mol. The molecule has 0 aliphatic heterocycles. The van der Waals surface area contributed by atoms with Gasteiger partial charge in [-0.3, -0.25) is 14.4 Å². The number of fused-ring (bicyclic) bond motifs is 1. The van der Waals surface area contributed by atoms with E-state index in [0.29, 0.717) is 11.3 Å². The maximum Gasteiger partial charge on any atom is 0.272 e. The van der Waals surface area contributed by atoms with Gasteiger partial charge in [-0.2, -0.15) is 0 Å². The van der Waals surface area contributed by atoms with Gasteiger partial charge < -0.3 is 16.0 Å². The zero-order valence-electron chi connectivity index (χ0n) is 22.2. The highest BCUT2D eigenvalue weighted by Crippen LogP contribution is 2.28. The summed E-state index contributed by atoms with van der Waals surface area (Å²) < 4.78 is 0. The molecule has 41 heavy (non-hydrogen) atoms. The summed E-state index contributed by atoms with van der Waals surface area (Å²) in [6.07, 6.45) is 1.65. The van der Waals surface area contributed by atoms with E-state index in [-0.39, 0.29) is 22.8 Å². The molecule has 0 saturated heterocycles. The molecule has 8 heteroatoms. The van der Waals surface area contributed by atoms with Gasteiger partial charge in [-0.15, -0.1) is 23.1 Å². The first-order chi connectivity index (χ1) is 20.0. The van der Waals surface area contributed by atoms with Crippen LogP contribution in [0.3, 0.4) is 0 Å². The standard InChI is InChI=1S/C33H27N3O3S2/c1-22(31(37)35-29-18-7-13-23-10-5-6-17-28(23)29)41-27-15-8-14-25(20-27)34-33(39)30(21-26-16-9-19-40-26)36-32(38)24-11-3-2-4-12-24/h2-22H,1H3,(H,34,39)(H,35,37)(H,36,38)/b30-21-. The molecule has 3 N–H and O–H groups in total. The molecule has 0 saturated carbocycles. The third kappa shape index (κ3) is 7.30. The Hall–Kier alpha value is -4.66. The van der Waals surface area contributed by atoms with E-state index in [1.165, 1.54) is 23.1 Å². The average Bonchev–Trinajstić information content (AvgIpc) is 3.51. The van der Waals surface area contributed by atoms with Crippen LogP contribution >= 0.6 is 23.1 Å². The Morgan fingerprint density at radius 1 is 0.805 bits per heavy atom. The summed E-state index contributed by atoms with van der Waals surface area (Å²) in [6.45, 7) is 1.84. The van der Waals surface area contributed by atoms with Gasteiger partial charge in [-0.25, -0.2) is 0 Å². The lowest BCUT2D eigenvalue weighted by atomic mass is 10.1. The second-order valence-electron chi connectivity index (χ2n) is 9.15. The lowest BCUT2D eigenvalue weighted by molar-refractivity contribution is -0.115. The van der Waals surface area contributed by atoms with Gasteiger partial charge in [-0.05, 0) is 66.2 Å². The molecule has 0 radical (unpaired) electrons. The third-order valence-corrected chi connectivity index (χ3v) is 8.09. The Bertz CT molecular complexity index is 1710. The van der Waals surface area contributed by atoms with E-state index in [1.54, 1.807) is 36.4 Å². The van der Waals surface area contributed by atoms with Crippen molar-refractivity contribution < 1.29 is 14.4 Å². The molecule has 1 heterocycles. The summed E-state index contributed by atoms with van der Waals surface area (Å²) in [4.78, 5) is 40.8. The lowest BCUT2D eigenvalue weighted by Crippen LogP contribution is -2.30. The van der Waals surface area contributed by atoms with Gasteiger partial charge in [0, 0.05) is 32.1 Å². The van der Waals surface area contributed by atoms with Crippen molar-refractivity contribution in [3.05, 3.63) is 131 Å². The van der Waals surface area contributed by atoms with Crippen molar-refractivity contribution in [2.75, 3.05) is 10.6 Å². The van der Waals surface area contributed by atoms with E-state index in [2.05, 4.69) is 16.0 Å². The summed E-state index contributed by atoms with van der Waals surface area (Å²) in [5, 5.41) is 12.2. The predicted octanol–water partition coefficient (Wildman–Crippen LogP) is 7.43. The highest BCUT2D eigenvalue weighted by molar-refractivity contribution is 8.00. The molecule has 4 aromatic carbocycles. The number of carbonyl (C=O) groups is 3. The summed E-state index contributed by atoms with van der Waals surface area (Å²) >= 11 is 2.85. The normalized spacial score (nSPS) is 12.0. The van der Waals surface area contributed by atoms with Crippen LogP contribution in [0.5, 0.6) is 0 Å². The fourth-order valence-corrected chi connectivity index (χ4v) is 5.71. The molecule has 0 fully saturated rings. The Morgan fingerprint density at radius 2 is 1.56 bits per heavy atom. The van der Waals surface area contributed by atoms with Crippen molar-refractivity contribution in [2.24, 2.45) is 0 Å². The van der Waals surface area contributed by atoms with Crippen LogP contribution in [0.25, 0.3) is 16.8 Å². The number of rotatable bonds is 9. The fraction of sp³-hybridized carbons (Fsp3) is 0.0606. The number of amides is 3. The van der Waals surface area contributed by atoms with Gasteiger partial charge in [0.1, 0.15) is 5.70 Å². The van der Waals surface area contributed by atoms with Crippen LogP contribution in [0.4, 0.5) is 11.4 Å². The Labute approximate surface area is 246 Å². The van der Waals surface area contributed by atoms with Crippen molar-refractivity contribution in [3.8, 4) is 0 Å². The van der Waals surface area contributed by atoms with Crippen LogP contribution < -0.4 is 16.0 Å². The first kappa shape index (κ1) is 27.9. The molecule has 6 nitrogen and oxygen atoms in total. The molecule has 1 atom stereocenters. The van der Waals surface area contributed by atoms with E-state index in [1.807, 2.05) is 91.2 Å². The minimum Gasteiger partial charge on any atom is -0.325 e. The highest BCUT2D eigenvalue weighted by atomic mass is 32.2. The number of nitrogens with one attached hydrogen (secondary N) is 3. The molecule has 1 aromatic heterocycles. The van der Waals surface area contributed by atoms with Crippen LogP contribution in [0.15, 0.2) is 125 Å². The molecule has 3 amide bonds. The topological polar surface area (TPSA) is 87.3 Å². The van der Waals surface area contributed by atoms with E-state index < -0.39 is 5.91 Å². The SMILES string of the molecule is CC(Sc1cccc(NC(=O)/C(=C/c2cccs2)NC(=O)c2ccccc2)c1)C(=O)Nc1cccc2ccccc12. The second-order valence-corrected chi connectivity index (χ2v) is 11.5. The zero-order valence-corrected chi connectivity index (χ0v) is 23.8. The van der Waals surface area contributed by atoms with E-state index in [0.717, 1.165) is 26.2 Å².